The molecule has 0 spiro atoms. The van der Waals surface area contributed by atoms with Gasteiger partial charge in [0, 0.05) is 32.5 Å². The molecular formula is C37H32F3N3O6. The van der Waals surface area contributed by atoms with Gasteiger partial charge in [-0.1, -0.05) is 66.7 Å². The lowest BCUT2D eigenvalue weighted by molar-refractivity contribution is -0.151. The van der Waals surface area contributed by atoms with E-state index in [1.165, 1.54) is 49.3 Å². The number of carbonyl (C=O) groups excluding carboxylic acids is 5. The van der Waals surface area contributed by atoms with Crippen molar-refractivity contribution < 1.29 is 41.9 Å². The number of esters is 1. The number of benzene rings is 4. The van der Waals surface area contributed by atoms with Crippen LogP contribution in [0.5, 0.6) is 0 Å². The molecular weight excluding hydrogens is 639 g/mol. The van der Waals surface area contributed by atoms with Crippen LogP contribution >= 0.6 is 0 Å². The molecule has 12 heteroatoms. The number of ether oxygens (including phenoxy) is 1. The van der Waals surface area contributed by atoms with E-state index in [4.69, 9.17) is 4.74 Å². The summed E-state index contributed by atoms with van der Waals surface area (Å²) in [6.07, 6.45) is -4.58. The number of rotatable bonds is 10. The second kappa shape index (κ2) is 14.5. The van der Waals surface area contributed by atoms with E-state index in [2.05, 4.69) is 5.32 Å². The molecule has 1 aliphatic heterocycles. The first kappa shape index (κ1) is 34.6. The van der Waals surface area contributed by atoms with Crippen molar-refractivity contribution in [2.24, 2.45) is 0 Å². The van der Waals surface area contributed by atoms with Crippen molar-refractivity contribution in [1.29, 1.82) is 0 Å². The fourth-order valence-electron chi connectivity index (χ4n) is 5.52. The van der Waals surface area contributed by atoms with Crippen LogP contribution in [0.2, 0.25) is 0 Å². The summed E-state index contributed by atoms with van der Waals surface area (Å²) >= 11 is 0. The summed E-state index contributed by atoms with van der Waals surface area (Å²) in [6.45, 7) is -0.254. The minimum Gasteiger partial charge on any atom is -0.463 e. The van der Waals surface area contributed by atoms with Crippen molar-refractivity contribution in [1.82, 2.24) is 9.80 Å². The topological polar surface area (TPSA) is 113 Å². The second-order valence-electron chi connectivity index (χ2n) is 11.6. The van der Waals surface area contributed by atoms with Gasteiger partial charge in [-0.2, -0.15) is 13.2 Å². The Morgan fingerprint density at radius 1 is 0.837 bits per heavy atom. The third kappa shape index (κ3) is 8.03. The number of hydrogen-bond acceptors (Lipinski definition) is 6. The predicted molar refractivity (Wildman–Crippen MR) is 174 cm³/mol. The number of likely N-dealkylation sites (tertiary alicyclic amines) is 1. The maximum atomic E-state index is 13.5. The molecule has 4 aromatic rings. The third-order valence-corrected chi connectivity index (χ3v) is 8.00. The van der Waals surface area contributed by atoms with Crippen molar-refractivity contribution in [3.8, 4) is 11.1 Å². The number of nitrogens with zero attached hydrogens (tertiary/aromatic N) is 2. The lowest BCUT2D eigenvalue weighted by Gasteiger charge is -2.26. The number of hydrogen-bond donors (Lipinski definition) is 1. The fourth-order valence-corrected chi connectivity index (χ4v) is 5.52. The SMILES string of the molecule is CN(C)C(=O)c1cc(CC(=O)OCC(c2ccccc2)N2C(=O)CCC2=O)ccc1NC(=O)c1ccccc1-c1ccc(C(F)(F)F)cc1. The number of alkyl halides is 3. The van der Waals surface area contributed by atoms with Crippen molar-refractivity contribution >= 4 is 35.3 Å². The maximum absolute atomic E-state index is 13.5. The number of carbonyl (C=O) groups is 5. The Kier molecular flexibility index (Phi) is 10.3. The van der Waals surface area contributed by atoms with Crippen LogP contribution in [-0.2, 0) is 31.7 Å². The first-order valence-electron chi connectivity index (χ1n) is 15.3. The summed E-state index contributed by atoms with van der Waals surface area (Å²) < 4.78 is 44.9. The van der Waals surface area contributed by atoms with Gasteiger partial charge < -0.3 is 15.0 Å². The number of imide groups is 1. The van der Waals surface area contributed by atoms with Gasteiger partial charge in [0.25, 0.3) is 11.8 Å². The van der Waals surface area contributed by atoms with E-state index in [0.29, 0.717) is 22.3 Å². The average Bonchev–Trinajstić information content (AvgIpc) is 3.42. The molecule has 1 fully saturated rings. The van der Waals surface area contributed by atoms with E-state index in [1.807, 2.05) is 0 Å². The minimum atomic E-state index is -4.51. The number of anilines is 1. The molecule has 252 valence electrons. The summed E-state index contributed by atoms with van der Waals surface area (Å²) in [6, 6.07) is 23.3. The number of amides is 4. The van der Waals surface area contributed by atoms with Gasteiger partial charge in [-0.05, 0) is 52.6 Å². The molecule has 0 radical (unpaired) electrons. The van der Waals surface area contributed by atoms with Crippen LogP contribution in [0, 0.1) is 0 Å². The molecule has 0 saturated carbocycles. The molecule has 4 amide bonds. The molecule has 1 atom stereocenters. The summed E-state index contributed by atoms with van der Waals surface area (Å²) in [5.74, 6) is -2.42. The fraction of sp³-hybridized carbons (Fsp3) is 0.216. The van der Waals surface area contributed by atoms with E-state index in [-0.39, 0.29) is 54.5 Å². The van der Waals surface area contributed by atoms with Gasteiger partial charge in [0.2, 0.25) is 11.8 Å². The van der Waals surface area contributed by atoms with Gasteiger partial charge in [0.1, 0.15) is 6.61 Å². The van der Waals surface area contributed by atoms with E-state index in [1.54, 1.807) is 54.6 Å². The number of nitrogens with one attached hydrogen (secondary N) is 1. The van der Waals surface area contributed by atoms with E-state index in [9.17, 15) is 37.1 Å². The molecule has 1 aliphatic rings. The van der Waals surface area contributed by atoms with Crippen molar-refractivity contribution in [3.63, 3.8) is 0 Å². The molecule has 1 unspecified atom stereocenters. The Morgan fingerprint density at radius 3 is 2.10 bits per heavy atom. The van der Waals surface area contributed by atoms with Crippen LogP contribution in [0.3, 0.4) is 0 Å². The standard InChI is InChI=1S/C37H32F3N3O6/c1-42(2)36(48)29-20-23(21-34(46)49-22-31(25-8-4-3-5-9-25)43-32(44)18-19-33(43)45)12-17-30(29)41-35(47)28-11-7-6-10-27(28)24-13-15-26(16-14-24)37(38,39)40/h3-17,20,31H,18-19,21-22H2,1-2H3,(H,41,47). The monoisotopic (exact) mass is 671 g/mol. The lowest BCUT2D eigenvalue weighted by Crippen LogP contribution is -2.36. The molecule has 5 rings (SSSR count). The third-order valence-electron chi connectivity index (χ3n) is 8.00. The summed E-state index contributed by atoms with van der Waals surface area (Å²) in [5.41, 5.74) is 1.41. The van der Waals surface area contributed by atoms with Gasteiger partial charge in [0.05, 0.1) is 29.3 Å². The normalized spacial score (nSPS) is 13.6. The number of halogens is 3. The van der Waals surface area contributed by atoms with Crippen LogP contribution in [0.1, 0.15) is 56.3 Å². The van der Waals surface area contributed by atoms with Crippen molar-refractivity contribution in [2.75, 3.05) is 26.0 Å². The van der Waals surface area contributed by atoms with E-state index in [0.717, 1.165) is 17.0 Å². The molecule has 0 aliphatic carbocycles. The second-order valence-corrected chi connectivity index (χ2v) is 11.6. The quantitative estimate of drug-likeness (QED) is 0.156. The highest BCUT2D eigenvalue weighted by Gasteiger charge is 2.36. The Morgan fingerprint density at radius 2 is 1.47 bits per heavy atom. The summed E-state index contributed by atoms with van der Waals surface area (Å²) in [4.78, 5) is 67.1. The predicted octanol–water partition coefficient (Wildman–Crippen LogP) is 6.30. The summed E-state index contributed by atoms with van der Waals surface area (Å²) in [7, 11) is 3.05. The zero-order valence-corrected chi connectivity index (χ0v) is 26.6. The molecule has 0 aromatic heterocycles. The van der Waals surface area contributed by atoms with Crippen LogP contribution in [0.25, 0.3) is 11.1 Å². The van der Waals surface area contributed by atoms with Crippen molar-refractivity contribution in [2.45, 2.75) is 31.5 Å². The van der Waals surface area contributed by atoms with E-state index >= 15 is 0 Å². The molecule has 1 N–H and O–H groups in total. The Balaban J connectivity index is 1.34. The van der Waals surface area contributed by atoms with E-state index < -0.39 is 35.6 Å². The zero-order chi connectivity index (χ0) is 35.3. The first-order valence-corrected chi connectivity index (χ1v) is 15.3. The Labute approximate surface area is 280 Å². The molecule has 4 aromatic carbocycles. The largest absolute Gasteiger partial charge is 0.463 e. The highest BCUT2D eigenvalue weighted by atomic mass is 19.4. The van der Waals surface area contributed by atoms with Gasteiger partial charge in [-0.3, -0.25) is 28.9 Å². The van der Waals surface area contributed by atoms with Crippen molar-refractivity contribution in [3.05, 3.63) is 125 Å². The van der Waals surface area contributed by atoms with Gasteiger partial charge in [-0.15, -0.1) is 0 Å². The highest BCUT2D eigenvalue weighted by molar-refractivity contribution is 6.12. The average molecular weight is 672 g/mol. The smallest absolute Gasteiger partial charge is 0.416 e. The Bertz CT molecular complexity index is 1880. The molecule has 1 saturated heterocycles. The van der Waals surface area contributed by atoms with Gasteiger partial charge in [-0.25, -0.2) is 0 Å². The van der Waals surface area contributed by atoms with Crippen LogP contribution < -0.4 is 5.32 Å². The first-order chi connectivity index (χ1) is 23.3. The molecule has 1 heterocycles. The van der Waals surface area contributed by atoms with Crippen LogP contribution in [0.4, 0.5) is 18.9 Å². The van der Waals surface area contributed by atoms with Gasteiger partial charge >= 0.3 is 12.1 Å². The maximum Gasteiger partial charge on any atom is 0.416 e. The zero-order valence-electron chi connectivity index (χ0n) is 26.6. The Hall–Kier alpha value is -5.78. The highest BCUT2D eigenvalue weighted by Crippen LogP contribution is 2.33. The van der Waals surface area contributed by atoms with Crippen LogP contribution in [-0.4, -0.2) is 60.1 Å². The summed E-state index contributed by atoms with van der Waals surface area (Å²) in [5, 5.41) is 2.73. The minimum absolute atomic E-state index is 0.0856. The van der Waals surface area contributed by atoms with Gasteiger partial charge in [0.15, 0.2) is 0 Å². The molecule has 9 nitrogen and oxygen atoms in total. The lowest BCUT2D eigenvalue weighted by atomic mass is 9.97. The molecule has 0 bridgehead atoms. The van der Waals surface area contributed by atoms with Crippen LogP contribution in [0.15, 0.2) is 97.1 Å². The molecule has 49 heavy (non-hydrogen) atoms.